The Bertz CT molecular complexity index is 923. The molecule has 0 radical (unpaired) electrons. The minimum Gasteiger partial charge on any atom is -0.497 e. The predicted octanol–water partition coefficient (Wildman–Crippen LogP) is 3.41. The van der Waals surface area contributed by atoms with Crippen molar-refractivity contribution < 1.29 is 18.6 Å². The Balaban J connectivity index is 1.91. The van der Waals surface area contributed by atoms with E-state index in [1.807, 2.05) is 0 Å². The quantitative estimate of drug-likeness (QED) is 0.691. The number of aliphatic hydroxyl groups is 1. The Morgan fingerprint density at radius 3 is 2.14 bits per heavy atom. The molecule has 1 atom stereocenters. The van der Waals surface area contributed by atoms with Crippen LogP contribution in [-0.2, 0) is 5.60 Å². The third kappa shape index (κ3) is 3.59. The van der Waals surface area contributed by atoms with Crippen LogP contribution in [0, 0.1) is 0 Å². The number of hydrogen-bond donors (Lipinski definition) is 1. The van der Waals surface area contributed by atoms with Gasteiger partial charge in [-0.05, 0) is 29.8 Å². The molecule has 0 spiro atoms. The second kappa shape index (κ2) is 7.50. The normalized spacial score (nSPS) is 17.4. The summed E-state index contributed by atoms with van der Waals surface area (Å²) in [6, 6.07) is 13.3. The molecule has 5 nitrogen and oxygen atoms in total. The lowest BCUT2D eigenvalue weighted by molar-refractivity contribution is -0.175. The highest BCUT2D eigenvalue weighted by Crippen LogP contribution is 2.48. The maximum Gasteiger partial charge on any atom is 0.272 e. The molecule has 1 fully saturated rings. The van der Waals surface area contributed by atoms with E-state index in [1.54, 1.807) is 85.3 Å². The van der Waals surface area contributed by atoms with E-state index in [0.717, 1.165) is 0 Å². The first-order valence-electron chi connectivity index (χ1n) is 9.23. The summed E-state index contributed by atoms with van der Waals surface area (Å²) >= 11 is 0. The van der Waals surface area contributed by atoms with E-state index in [1.165, 1.54) is 0 Å². The van der Waals surface area contributed by atoms with E-state index in [2.05, 4.69) is 9.97 Å². The Morgan fingerprint density at radius 1 is 1.03 bits per heavy atom. The molecule has 0 saturated carbocycles. The molecule has 3 heterocycles. The predicted molar refractivity (Wildman–Crippen MR) is 104 cm³/mol. The molecule has 1 aliphatic rings. The molecular formula is C22H21F2N3O2. The lowest BCUT2D eigenvalue weighted by atomic mass is 9.76. The van der Waals surface area contributed by atoms with E-state index in [-0.39, 0.29) is 0 Å². The van der Waals surface area contributed by atoms with E-state index in [9.17, 15) is 13.9 Å². The molecule has 1 saturated heterocycles. The summed E-state index contributed by atoms with van der Waals surface area (Å²) in [7, 11) is 1.54. The Morgan fingerprint density at radius 2 is 1.66 bits per heavy atom. The first-order chi connectivity index (χ1) is 13.9. The van der Waals surface area contributed by atoms with Crippen LogP contribution in [0.1, 0.15) is 22.7 Å². The zero-order valence-electron chi connectivity index (χ0n) is 15.9. The van der Waals surface area contributed by atoms with E-state index in [0.29, 0.717) is 22.4 Å². The summed E-state index contributed by atoms with van der Waals surface area (Å²) in [5.41, 5.74) is 0.00731. The monoisotopic (exact) mass is 397 g/mol. The van der Waals surface area contributed by atoms with Crippen LogP contribution >= 0.6 is 0 Å². The van der Waals surface area contributed by atoms with Crippen molar-refractivity contribution >= 4 is 0 Å². The van der Waals surface area contributed by atoms with Crippen molar-refractivity contribution in [3.05, 3.63) is 90.0 Å². The second-order valence-corrected chi connectivity index (χ2v) is 7.19. The zero-order chi connectivity index (χ0) is 20.5. The van der Waals surface area contributed by atoms with Crippen LogP contribution < -0.4 is 4.74 Å². The number of benzene rings is 1. The van der Waals surface area contributed by atoms with Gasteiger partial charge >= 0.3 is 0 Å². The third-order valence-electron chi connectivity index (χ3n) is 5.24. The van der Waals surface area contributed by atoms with E-state index >= 15 is 0 Å². The fourth-order valence-corrected chi connectivity index (χ4v) is 3.92. The highest BCUT2D eigenvalue weighted by molar-refractivity contribution is 5.42. The number of nitrogens with zero attached hydrogens (tertiary/aromatic N) is 3. The van der Waals surface area contributed by atoms with Gasteiger partial charge in [-0.15, -0.1) is 0 Å². The molecule has 2 aromatic heterocycles. The van der Waals surface area contributed by atoms with Gasteiger partial charge in [0, 0.05) is 35.9 Å². The molecular weight excluding hydrogens is 376 g/mol. The van der Waals surface area contributed by atoms with Gasteiger partial charge in [-0.3, -0.25) is 14.9 Å². The van der Waals surface area contributed by atoms with Crippen molar-refractivity contribution in [3.8, 4) is 5.75 Å². The van der Waals surface area contributed by atoms with Crippen molar-refractivity contribution in [3.63, 3.8) is 0 Å². The zero-order valence-corrected chi connectivity index (χ0v) is 15.9. The lowest BCUT2D eigenvalue weighted by Crippen LogP contribution is -2.61. The highest BCUT2D eigenvalue weighted by Gasteiger charge is 2.54. The number of pyridine rings is 2. The van der Waals surface area contributed by atoms with Gasteiger partial charge in [-0.2, -0.15) is 0 Å². The van der Waals surface area contributed by atoms with Crippen molar-refractivity contribution in [2.75, 3.05) is 20.2 Å². The molecule has 0 aliphatic carbocycles. The van der Waals surface area contributed by atoms with Gasteiger partial charge in [0.25, 0.3) is 5.92 Å². The van der Waals surface area contributed by atoms with Crippen molar-refractivity contribution in [2.24, 2.45) is 0 Å². The topological polar surface area (TPSA) is 58.5 Å². The average molecular weight is 397 g/mol. The molecule has 7 heteroatoms. The Labute approximate surface area is 167 Å². The van der Waals surface area contributed by atoms with Crippen molar-refractivity contribution in [1.82, 2.24) is 14.9 Å². The Kier molecular flexibility index (Phi) is 5.02. The van der Waals surface area contributed by atoms with Gasteiger partial charge in [0.2, 0.25) is 0 Å². The number of aromatic nitrogens is 2. The summed E-state index contributed by atoms with van der Waals surface area (Å²) in [5.74, 6) is -2.21. The van der Waals surface area contributed by atoms with Gasteiger partial charge in [-0.25, -0.2) is 8.78 Å². The molecule has 29 heavy (non-hydrogen) atoms. The molecule has 1 unspecified atom stereocenters. The maximum absolute atomic E-state index is 13.8. The molecule has 1 N–H and O–H groups in total. The summed E-state index contributed by atoms with van der Waals surface area (Å²) in [5, 5.41) is 12.1. The highest BCUT2D eigenvalue weighted by atomic mass is 19.3. The summed E-state index contributed by atoms with van der Waals surface area (Å²) in [6.45, 7) is -0.893. The SMILES string of the molecule is COc1cccc(C(N2CC(F)(F)C2)C(O)(c2cccnc2)c2cccnc2)c1. The van der Waals surface area contributed by atoms with Crippen LogP contribution in [0.5, 0.6) is 5.75 Å². The van der Waals surface area contributed by atoms with Crippen LogP contribution in [0.4, 0.5) is 8.78 Å². The first kappa shape index (κ1) is 19.4. The van der Waals surface area contributed by atoms with Crippen molar-refractivity contribution in [1.29, 1.82) is 0 Å². The minimum absolute atomic E-state index is 0.447. The van der Waals surface area contributed by atoms with E-state index in [4.69, 9.17) is 4.74 Å². The van der Waals surface area contributed by atoms with Gasteiger partial charge in [0.1, 0.15) is 11.4 Å². The summed E-state index contributed by atoms with van der Waals surface area (Å²) < 4.78 is 33.0. The van der Waals surface area contributed by atoms with Crippen molar-refractivity contribution in [2.45, 2.75) is 17.6 Å². The third-order valence-corrected chi connectivity index (χ3v) is 5.24. The fraction of sp³-hybridized carbons (Fsp3) is 0.273. The smallest absolute Gasteiger partial charge is 0.272 e. The number of likely N-dealkylation sites (tertiary alicyclic amines) is 1. The molecule has 3 aromatic rings. The minimum atomic E-state index is -2.79. The number of halogens is 2. The molecule has 0 bridgehead atoms. The van der Waals surface area contributed by atoms with Crippen LogP contribution in [0.2, 0.25) is 0 Å². The summed E-state index contributed by atoms with van der Waals surface area (Å²) in [6.07, 6.45) is 6.31. The molecule has 0 amide bonds. The Hall–Kier alpha value is -2.90. The lowest BCUT2D eigenvalue weighted by Gasteiger charge is -2.50. The standard InChI is InChI=1S/C22H21F2N3O2/c1-29-19-8-2-5-16(11-19)20(27-14-21(23,24)15-27)22(28,17-6-3-9-25-12-17)18-7-4-10-26-13-18/h2-13,20,28H,14-15H2,1H3. The number of methoxy groups -OCH3 is 1. The second-order valence-electron chi connectivity index (χ2n) is 7.19. The first-order valence-corrected chi connectivity index (χ1v) is 9.23. The van der Waals surface area contributed by atoms with Gasteiger partial charge in [0.15, 0.2) is 0 Å². The number of ether oxygens (including phenoxy) is 1. The summed E-state index contributed by atoms with van der Waals surface area (Å²) in [4.78, 5) is 9.87. The van der Waals surface area contributed by atoms with Crippen LogP contribution in [-0.4, -0.2) is 46.1 Å². The average Bonchev–Trinajstić information content (AvgIpc) is 2.74. The number of alkyl halides is 2. The molecule has 1 aliphatic heterocycles. The van der Waals surface area contributed by atoms with Crippen LogP contribution in [0.25, 0.3) is 0 Å². The van der Waals surface area contributed by atoms with Crippen LogP contribution in [0.3, 0.4) is 0 Å². The number of hydrogen-bond acceptors (Lipinski definition) is 5. The fourth-order valence-electron chi connectivity index (χ4n) is 3.92. The molecule has 150 valence electrons. The maximum atomic E-state index is 13.8. The van der Waals surface area contributed by atoms with E-state index < -0.39 is 30.7 Å². The van der Waals surface area contributed by atoms with Crippen LogP contribution in [0.15, 0.2) is 73.3 Å². The number of rotatable bonds is 6. The van der Waals surface area contributed by atoms with Gasteiger partial charge in [-0.1, -0.05) is 24.3 Å². The van der Waals surface area contributed by atoms with Gasteiger partial charge in [0.05, 0.1) is 26.2 Å². The largest absolute Gasteiger partial charge is 0.497 e. The molecule has 1 aromatic carbocycles. The van der Waals surface area contributed by atoms with Gasteiger partial charge < -0.3 is 9.84 Å². The molecule has 4 rings (SSSR count).